The fraction of sp³-hybridized carbons (Fsp3) is 0.300. The highest BCUT2D eigenvalue weighted by Gasteiger charge is 2.37. The lowest BCUT2D eigenvalue weighted by molar-refractivity contribution is -0.145. The summed E-state index contributed by atoms with van der Waals surface area (Å²) in [6, 6.07) is 6.21. The smallest absolute Gasteiger partial charge is 0.316 e. The van der Waals surface area contributed by atoms with E-state index in [4.69, 9.17) is 11.0 Å². The van der Waals surface area contributed by atoms with Crippen LogP contribution < -0.4 is 5.90 Å². The standard InChI is InChI=1S/C10H13NO4/c1-10(6-15-11,9(13)14)7-4-2-3-5-8(7)12/h2-5,12H,6,11H2,1H3,(H,13,14). The minimum absolute atomic E-state index is 0.0838. The van der Waals surface area contributed by atoms with Gasteiger partial charge in [0, 0.05) is 5.56 Å². The fourth-order valence-corrected chi connectivity index (χ4v) is 1.36. The van der Waals surface area contributed by atoms with Gasteiger partial charge in [0.25, 0.3) is 0 Å². The molecule has 0 aromatic heterocycles. The predicted molar refractivity (Wildman–Crippen MR) is 53.2 cm³/mol. The summed E-state index contributed by atoms with van der Waals surface area (Å²) in [6.45, 7) is 1.23. The van der Waals surface area contributed by atoms with Crippen molar-refractivity contribution in [2.45, 2.75) is 12.3 Å². The zero-order chi connectivity index (χ0) is 11.5. The van der Waals surface area contributed by atoms with Gasteiger partial charge in [-0.3, -0.25) is 4.79 Å². The lowest BCUT2D eigenvalue weighted by atomic mass is 9.83. The highest BCUT2D eigenvalue weighted by atomic mass is 16.6. The zero-order valence-corrected chi connectivity index (χ0v) is 8.30. The number of para-hydroxylation sites is 1. The predicted octanol–water partition coefficient (Wildman–Crippen LogP) is 0.625. The number of phenolic OH excluding ortho intramolecular Hbond substituents is 1. The molecular formula is C10H13NO4. The van der Waals surface area contributed by atoms with E-state index in [1.807, 2.05) is 0 Å². The second kappa shape index (κ2) is 4.29. The maximum Gasteiger partial charge on any atom is 0.316 e. The summed E-state index contributed by atoms with van der Waals surface area (Å²) in [4.78, 5) is 15.5. The molecule has 0 heterocycles. The third kappa shape index (κ3) is 2.08. The Bertz CT molecular complexity index is 366. The molecule has 1 aromatic carbocycles. The van der Waals surface area contributed by atoms with E-state index >= 15 is 0 Å². The highest BCUT2D eigenvalue weighted by Crippen LogP contribution is 2.31. The van der Waals surface area contributed by atoms with E-state index in [2.05, 4.69) is 4.84 Å². The van der Waals surface area contributed by atoms with Crippen LogP contribution in [0.2, 0.25) is 0 Å². The van der Waals surface area contributed by atoms with Crippen molar-refractivity contribution in [3.05, 3.63) is 29.8 Å². The van der Waals surface area contributed by atoms with Gasteiger partial charge in [0.15, 0.2) is 0 Å². The largest absolute Gasteiger partial charge is 0.508 e. The Kier molecular flexibility index (Phi) is 3.28. The third-order valence-electron chi connectivity index (χ3n) is 2.34. The number of nitrogens with two attached hydrogens (primary N) is 1. The number of phenols is 1. The van der Waals surface area contributed by atoms with Crippen molar-refractivity contribution in [3.8, 4) is 5.75 Å². The van der Waals surface area contributed by atoms with Crippen LogP contribution in [0.1, 0.15) is 12.5 Å². The van der Waals surface area contributed by atoms with Gasteiger partial charge in [-0.05, 0) is 13.0 Å². The van der Waals surface area contributed by atoms with E-state index < -0.39 is 11.4 Å². The quantitative estimate of drug-likeness (QED) is 0.635. The molecule has 0 spiro atoms. The van der Waals surface area contributed by atoms with E-state index in [1.165, 1.54) is 19.1 Å². The van der Waals surface area contributed by atoms with Crippen LogP contribution in [-0.2, 0) is 15.0 Å². The molecule has 0 aliphatic rings. The summed E-state index contributed by atoms with van der Waals surface area (Å²) in [5, 5.41) is 18.7. The molecule has 82 valence electrons. The topological polar surface area (TPSA) is 92.8 Å². The number of carbonyl (C=O) groups is 1. The van der Waals surface area contributed by atoms with Crippen molar-refractivity contribution in [1.82, 2.24) is 0 Å². The molecule has 1 rings (SSSR count). The second-order valence-corrected chi connectivity index (χ2v) is 3.47. The normalized spacial score (nSPS) is 14.5. The fourth-order valence-electron chi connectivity index (χ4n) is 1.36. The number of carboxylic acids is 1. The van der Waals surface area contributed by atoms with Crippen molar-refractivity contribution in [1.29, 1.82) is 0 Å². The molecule has 15 heavy (non-hydrogen) atoms. The van der Waals surface area contributed by atoms with Gasteiger partial charge in [-0.15, -0.1) is 0 Å². The Labute approximate surface area is 87.0 Å². The molecule has 0 aliphatic carbocycles. The maximum absolute atomic E-state index is 11.1. The highest BCUT2D eigenvalue weighted by molar-refractivity contribution is 5.82. The van der Waals surface area contributed by atoms with Crippen LogP contribution >= 0.6 is 0 Å². The molecule has 5 nitrogen and oxygen atoms in total. The van der Waals surface area contributed by atoms with E-state index in [1.54, 1.807) is 12.1 Å². The Balaban J connectivity index is 3.21. The van der Waals surface area contributed by atoms with Gasteiger partial charge in [0.05, 0.1) is 6.61 Å². The number of hydrogen-bond acceptors (Lipinski definition) is 4. The monoisotopic (exact) mass is 211 g/mol. The van der Waals surface area contributed by atoms with Crippen LogP contribution in [0.25, 0.3) is 0 Å². The van der Waals surface area contributed by atoms with Gasteiger partial charge in [0.1, 0.15) is 11.2 Å². The maximum atomic E-state index is 11.1. The van der Waals surface area contributed by atoms with Crippen molar-refractivity contribution in [2.75, 3.05) is 6.61 Å². The van der Waals surface area contributed by atoms with Crippen molar-refractivity contribution in [3.63, 3.8) is 0 Å². The first-order valence-electron chi connectivity index (χ1n) is 4.36. The van der Waals surface area contributed by atoms with Crippen LogP contribution in [0.15, 0.2) is 24.3 Å². The second-order valence-electron chi connectivity index (χ2n) is 3.47. The number of carboxylic acid groups (broad SMARTS) is 1. The molecule has 1 aromatic rings. The summed E-state index contributed by atoms with van der Waals surface area (Å²) < 4.78 is 0. The Hall–Kier alpha value is -1.59. The molecular weight excluding hydrogens is 198 g/mol. The first-order chi connectivity index (χ1) is 7.02. The van der Waals surface area contributed by atoms with Crippen LogP contribution in [0, 0.1) is 0 Å². The average molecular weight is 211 g/mol. The Morgan fingerprint density at radius 2 is 2.13 bits per heavy atom. The van der Waals surface area contributed by atoms with Gasteiger partial charge in [0.2, 0.25) is 0 Å². The molecule has 1 atom stereocenters. The summed E-state index contributed by atoms with van der Waals surface area (Å²) in [5.74, 6) is 3.71. The minimum Gasteiger partial charge on any atom is -0.508 e. The van der Waals surface area contributed by atoms with E-state index in [0.29, 0.717) is 0 Å². The molecule has 0 aliphatic heterocycles. The molecule has 5 heteroatoms. The van der Waals surface area contributed by atoms with Crippen molar-refractivity contribution < 1.29 is 19.8 Å². The van der Waals surface area contributed by atoms with Crippen LogP contribution in [0.3, 0.4) is 0 Å². The van der Waals surface area contributed by atoms with Gasteiger partial charge in [-0.2, -0.15) is 0 Å². The number of aliphatic carboxylic acids is 1. The van der Waals surface area contributed by atoms with Gasteiger partial charge >= 0.3 is 5.97 Å². The first-order valence-corrected chi connectivity index (χ1v) is 4.36. The van der Waals surface area contributed by atoms with Gasteiger partial charge in [-0.1, -0.05) is 18.2 Å². The van der Waals surface area contributed by atoms with Crippen molar-refractivity contribution in [2.24, 2.45) is 5.90 Å². The lowest BCUT2D eigenvalue weighted by Crippen LogP contribution is -2.38. The molecule has 0 radical (unpaired) electrons. The summed E-state index contributed by atoms with van der Waals surface area (Å²) in [5.41, 5.74) is -1.07. The van der Waals surface area contributed by atoms with E-state index in [-0.39, 0.29) is 17.9 Å². The number of hydrogen-bond donors (Lipinski definition) is 3. The van der Waals surface area contributed by atoms with E-state index in [0.717, 1.165) is 0 Å². The SMILES string of the molecule is CC(CON)(C(=O)O)c1ccccc1O. The average Bonchev–Trinajstić information content (AvgIpc) is 2.18. The minimum atomic E-state index is -1.35. The molecule has 0 amide bonds. The molecule has 4 N–H and O–H groups in total. The van der Waals surface area contributed by atoms with Crippen LogP contribution in [0.4, 0.5) is 0 Å². The number of rotatable bonds is 4. The van der Waals surface area contributed by atoms with Gasteiger partial charge < -0.3 is 15.1 Å². The molecule has 1 unspecified atom stereocenters. The summed E-state index contributed by atoms with van der Waals surface area (Å²) in [6.07, 6.45) is 0. The first kappa shape index (κ1) is 11.5. The Morgan fingerprint density at radius 1 is 1.53 bits per heavy atom. The summed E-state index contributed by atoms with van der Waals surface area (Å²) in [7, 11) is 0. The van der Waals surface area contributed by atoms with Crippen LogP contribution in [0.5, 0.6) is 5.75 Å². The van der Waals surface area contributed by atoms with Gasteiger partial charge in [-0.25, -0.2) is 5.90 Å². The number of benzene rings is 1. The third-order valence-corrected chi connectivity index (χ3v) is 2.34. The zero-order valence-electron chi connectivity index (χ0n) is 8.30. The number of aromatic hydroxyl groups is 1. The van der Waals surface area contributed by atoms with E-state index in [9.17, 15) is 9.90 Å². The molecule has 0 saturated heterocycles. The Morgan fingerprint density at radius 3 is 2.60 bits per heavy atom. The summed E-state index contributed by atoms with van der Waals surface area (Å²) >= 11 is 0. The molecule has 0 fully saturated rings. The van der Waals surface area contributed by atoms with Crippen molar-refractivity contribution >= 4 is 5.97 Å². The lowest BCUT2D eigenvalue weighted by Gasteiger charge is -2.24. The molecule has 0 bridgehead atoms. The van der Waals surface area contributed by atoms with Crippen LogP contribution in [-0.4, -0.2) is 22.8 Å². The molecule has 0 saturated carbocycles.